The van der Waals surface area contributed by atoms with Crippen molar-refractivity contribution in [3.8, 4) is 5.75 Å². The van der Waals surface area contributed by atoms with Crippen LogP contribution < -0.4 is 14.4 Å². The highest BCUT2D eigenvalue weighted by atomic mass is 35.5. The summed E-state index contributed by atoms with van der Waals surface area (Å²) in [6.45, 7) is 5.99. The molecular weight excluding hydrogens is 657 g/mol. The molecule has 1 atom stereocenters. The Morgan fingerprint density at radius 3 is 2.11 bits per heavy atom. The predicted molar refractivity (Wildman–Crippen MR) is 187 cm³/mol. The molecule has 0 spiro atoms. The van der Waals surface area contributed by atoms with Gasteiger partial charge in [0, 0.05) is 29.6 Å². The van der Waals surface area contributed by atoms with Gasteiger partial charge in [0.25, 0.3) is 10.0 Å². The van der Waals surface area contributed by atoms with E-state index in [0.29, 0.717) is 34.5 Å². The second kappa shape index (κ2) is 16.7. The van der Waals surface area contributed by atoms with Gasteiger partial charge in [-0.05, 0) is 72.5 Å². The normalized spacial score (nSPS) is 12.0. The molecule has 0 heterocycles. The number of nitrogens with one attached hydrogen (secondary N) is 1. The fraction of sp³-hybridized carbons (Fsp3) is 0.278. The summed E-state index contributed by atoms with van der Waals surface area (Å²) in [5.74, 6) is -0.231. The standard InChI is InChI=1S/C36H39Cl2N3O5S/c1-4-46-31-19-17-30(18-20-31)41(47(44,45)32-13-9-6-10-14-32)25-35(42)40(24-28-15-16-29(37)22-33(28)38)34(36(43)39-23-26(2)3)21-27-11-7-5-8-12-27/h5-20,22,26,34H,4,21,23-25H2,1-3H3,(H,39,43). The molecular formula is C36H39Cl2N3O5S. The van der Waals surface area contributed by atoms with Gasteiger partial charge in [-0.3, -0.25) is 13.9 Å². The van der Waals surface area contributed by atoms with Crippen molar-refractivity contribution in [3.63, 3.8) is 0 Å². The van der Waals surface area contributed by atoms with Gasteiger partial charge in [0.05, 0.1) is 17.2 Å². The van der Waals surface area contributed by atoms with Crippen LogP contribution in [-0.4, -0.2) is 50.9 Å². The number of amides is 2. The third-order valence-corrected chi connectivity index (χ3v) is 9.73. The van der Waals surface area contributed by atoms with Crippen molar-refractivity contribution in [3.05, 3.63) is 124 Å². The maximum absolute atomic E-state index is 14.6. The molecule has 0 radical (unpaired) electrons. The molecule has 0 aromatic heterocycles. The number of nitrogens with zero attached hydrogens (tertiary/aromatic N) is 2. The van der Waals surface area contributed by atoms with Crippen LogP contribution in [0.15, 0.2) is 108 Å². The van der Waals surface area contributed by atoms with Crippen molar-refractivity contribution in [2.24, 2.45) is 5.92 Å². The van der Waals surface area contributed by atoms with Gasteiger partial charge in [0.2, 0.25) is 11.8 Å². The van der Waals surface area contributed by atoms with Crippen molar-refractivity contribution in [1.82, 2.24) is 10.2 Å². The number of rotatable bonds is 15. The Bertz CT molecular complexity index is 1740. The fourth-order valence-corrected chi connectivity index (χ4v) is 6.84. The van der Waals surface area contributed by atoms with E-state index < -0.39 is 28.5 Å². The first-order valence-electron chi connectivity index (χ1n) is 15.3. The van der Waals surface area contributed by atoms with Gasteiger partial charge in [0.1, 0.15) is 18.3 Å². The summed E-state index contributed by atoms with van der Waals surface area (Å²) in [5.41, 5.74) is 1.65. The van der Waals surface area contributed by atoms with Crippen LogP contribution in [0.5, 0.6) is 5.75 Å². The second-order valence-electron chi connectivity index (χ2n) is 11.4. The van der Waals surface area contributed by atoms with Crippen molar-refractivity contribution in [2.45, 2.75) is 44.7 Å². The number of benzene rings is 4. The molecule has 8 nitrogen and oxygen atoms in total. The molecule has 0 saturated heterocycles. The molecule has 4 aromatic rings. The Labute approximate surface area is 287 Å². The summed E-state index contributed by atoms with van der Waals surface area (Å²) in [6, 6.07) is 27.7. The number of carbonyl (C=O) groups excluding carboxylic acids is 2. The minimum absolute atomic E-state index is 0.0180. The highest BCUT2D eigenvalue weighted by Gasteiger charge is 2.35. The van der Waals surface area contributed by atoms with E-state index >= 15 is 0 Å². The first kappa shape index (κ1) is 35.8. The summed E-state index contributed by atoms with van der Waals surface area (Å²) in [4.78, 5) is 29.9. The van der Waals surface area contributed by atoms with Gasteiger partial charge in [-0.25, -0.2) is 8.42 Å². The van der Waals surface area contributed by atoms with Crippen LogP contribution in [0.25, 0.3) is 0 Å². The van der Waals surface area contributed by atoms with Crippen LogP contribution >= 0.6 is 23.2 Å². The quantitative estimate of drug-likeness (QED) is 0.145. The molecule has 1 N–H and O–H groups in total. The van der Waals surface area contributed by atoms with E-state index in [4.69, 9.17) is 27.9 Å². The Hall–Kier alpha value is -4.05. The predicted octanol–water partition coefficient (Wildman–Crippen LogP) is 7.00. The minimum atomic E-state index is -4.22. The maximum atomic E-state index is 14.6. The lowest BCUT2D eigenvalue weighted by atomic mass is 10.0. The zero-order chi connectivity index (χ0) is 34.0. The van der Waals surface area contributed by atoms with Crippen molar-refractivity contribution < 1.29 is 22.7 Å². The third kappa shape index (κ3) is 9.73. The summed E-state index contributed by atoms with van der Waals surface area (Å²) in [7, 11) is -4.22. The van der Waals surface area contributed by atoms with Crippen LogP contribution in [0.2, 0.25) is 10.0 Å². The highest BCUT2D eigenvalue weighted by molar-refractivity contribution is 7.92. The van der Waals surface area contributed by atoms with Gasteiger partial charge in [-0.2, -0.15) is 0 Å². The van der Waals surface area contributed by atoms with Crippen LogP contribution in [0.4, 0.5) is 5.69 Å². The van der Waals surface area contributed by atoms with E-state index in [-0.39, 0.29) is 35.4 Å². The Morgan fingerprint density at radius 1 is 0.872 bits per heavy atom. The van der Waals surface area contributed by atoms with Crippen LogP contribution in [0, 0.1) is 5.92 Å². The van der Waals surface area contributed by atoms with Gasteiger partial charge in [-0.15, -0.1) is 0 Å². The van der Waals surface area contributed by atoms with Gasteiger partial charge in [0.15, 0.2) is 0 Å². The first-order valence-corrected chi connectivity index (χ1v) is 17.5. The number of sulfonamides is 1. The lowest BCUT2D eigenvalue weighted by Crippen LogP contribution is -2.53. The topological polar surface area (TPSA) is 96.0 Å². The molecule has 2 amide bonds. The fourth-order valence-electron chi connectivity index (χ4n) is 4.93. The highest BCUT2D eigenvalue weighted by Crippen LogP contribution is 2.28. The number of ether oxygens (including phenoxy) is 1. The van der Waals surface area contributed by atoms with Crippen LogP contribution in [0.3, 0.4) is 0 Å². The smallest absolute Gasteiger partial charge is 0.264 e. The first-order chi connectivity index (χ1) is 22.5. The minimum Gasteiger partial charge on any atom is -0.494 e. The molecule has 0 saturated carbocycles. The number of carbonyl (C=O) groups is 2. The molecule has 4 aromatic carbocycles. The van der Waals surface area contributed by atoms with E-state index in [9.17, 15) is 18.0 Å². The molecule has 0 aliphatic heterocycles. The monoisotopic (exact) mass is 695 g/mol. The lowest BCUT2D eigenvalue weighted by Gasteiger charge is -2.34. The molecule has 248 valence electrons. The third-order valence-electron chi connectivity index (χ3n) is 7.36. The van der Waals surface area contributed by atoms with Gasteiger partial charge in [-0.1, -0.05) is 91.6 Å². The Morgan fingerprint density at radius 2 is 1.51 bits per heavy atom. The molecule has 0 bridgehead atoms. The SMILES string of the molecule is CCOc1ccc(N(CC(=O)N(Cc2ccc(Cl)cc2Cl)C(Cc2ccccc2)C(=O)NCC(C)C)S(=O)(=O)c2ccccc2)cc1. The van der Waals surface area contributed by atoms with Crippen LogP contribution in [0.1, 0.15) is 31.9 Å². The molecule has 11 heteroatoms. The summed E-state index contributed by atoms with van der Waals surface area (Å²) < 4.78 is 34.9. The number of halogens is 2. The number of anilines is 1. The number of hydrogen-bond donors (Lipinski definition) is 1. The average molecular weight is 697 g/mol. The maximum Gasteiger partial charge on any atom is 0.264 e. The molecule has 4 rings (SSSR count). The van der Waals surface area contributed by atoms with E-state index in [1.807, 2.05) is 51.1 Å². The molecule has 0 fully saturated rings. The molecule has 1 unspecified atom stereocenters. The van der Waals surface area contributed by atoms with E-state index in [1.165, 1.54) is 17.0 Å². The van der Waals surface area contributed by atoms with Gasteiger partial charge < -0.3 is 15.0 Å². The summed E-state index contributed by atoms with van der Waals surface area (Å²) >= 11 is 12.8. The van der Waals surface area contributed by atoms with E-state index in [1.54, 1.807) is 60.7 Å². The average Bonchev–Trinajstić information content (AvgIpc) is 3.06. The zero-order valence-electron chi connectivity index (χ0n) is 26.6. The molecule has 47 heavy (non-hydrogen) atoms. The van der Waals surface area contributed by atoms with Crippen molar-refractivity contribution in [2.75, 3.05) is 24.0 Å². The second-order valence-corrected chi connectivity index (χ2v) is 14.1. The van der Waals surface area contributed by atoms with Crippen LogP contribution in [-0.2, 0) is 32.6 Å². The lowest BCUT2D eigenvalue weighted by molar-refractivity contribution is -0.140. The number of hydrogen-bond acceptors (Lipinski definition) is 5. The zero-order valence-corrected chi connectivity index (χ0v) is 28.9. The summed E-state index contributed by atoms with van der Waals surface area (Å²) in [6.07, 6.45) is 0.191. The van der Waals surface area contributed by atoms with Gasteiger partial charge >= 0.3 is 0 Å². The largest absolute Gasteiger partial charge is 0.494 e. The van der Waals surface area contributed by atoms with E-state index in [2.05, 4.69) is 5.32 Å². The van der Waals surface area contributed by atoms with Crippen molar-refractivity contribution >= 4 is 50.7 Å². The van der Waals surface area contributed by atoms with E-state index in [0.717, 1.165) is 9.87 Å². The Kier molecular flexibility index (Phi) is 12.7. The summed E-state index contributed by atoms with van der Waals surface area (Å²) in [5, 5.41) is 3.71. The molecule has 0 aliphatic rings. The molecule has 0 aliphatic carbocycles. The van der Waals surface area contributed by atoms with Crippen molar-refractivity contribution in [1.29, 1.82) is 0 Å². The Balaban J connectivity index is 1.81.